The van der Waals surface area contributed by atoms with Gasteiger partial charge in [0.05, 0.1) is 5.56 Å². The summed E-state index contributed by atoms with van der Waals surface area (Å²) in [7, 11) is 1.67. The van der Waals surface area contributed by atoms with Crippen LogP contribution in [0, 0.1) is 0 Å². The molecule has 0 atom stereocenters. The first-order valence-electron chi connectivity index (χ1n) is 9.22. The van der Waals surface area contributed by atoms with Gasteiger partial charge in [-0.3, -0.25) is 4.99 Å². The molecule has 9 heteroatoms. The Morgan fingerprint density at radius 2 is 1.79 bits per heavy atom. The molecule has 2 rings (SSSR count). The fraction of sp³-hybridized carbons (Fsp3) is 0.526. The zero-order valence-corrected chi connectivity index (χ0v) is 16.3. The normalized spacial score (nSPS) is 12.5. The highest BCUT2D eigenvalue weighted by atomic mass is 19.4. The second-order valence-corrected chi connectivity index (χ2v) is 6.68. The molecule has 154 valence electrons. The highest BCUT2D eigenvalue weighted by Gasteiger charge is 2.29. The third-order valence-corrected chi connectivity index (χ3v) is 4.07. The Balaban J connectivity index is 1.67. The number of alkyl halides is 3. The smallest absolute Gasteiger partial charge is 0.356 e. The van der Waals surface area contributed by atoms with Crippen LogP contribution in [0.2, 0.25) is 0 Å². The lowest BCUT2D eigenvalue weighted by Gasteiger charge is -2.12. The van der Waals surface area contributed by atoms with Gasteiger partial charge in [0.15, 0.2) is 11.8 Å². The van der Waals surface area contributed by atoms with Gasteiger partial charge in [0.1, 0.15) is 0 Å². The molecule has 0 saturated carbocycles. The third kappa shape index (κ3) is 6.86. The molecule has 2 N–H and O–H groups in total. The maximum atomic E-state index is 12.6. The Labute approximate surface area is 162 Å². The van der Waals surface area contributed by atoms with E-state index >= 15 is 0 Å². The molecule has 0 aliphatic carbocycles. The largest absolute Gasteiger partial charge is 0.416 e. The molecule has 28 heavy (non-hydrogen) atoms. The molecule has 0 fully saturated rings. The molecule has 0 unspecified atom stereocenters. The molecule has 0 aliphatic heterocycles. The fourth-order valence-electron chi connectivity index (χ4n) is 2.46. The highest BCUT2D eigenvalue weighted by Crippen LogP contribution is 2.29. The van der Waals surface area contributed by atoms with Gasteiger partial charge in [0, 0.05) is 32.5 Å². The van der Waals surface area contributed by atoms with E-state index in [0.29, 0.717) is 43.6 Å². The van der Waals surface area contributed by atoms with Crippen LogP contribution in [0.3, 0.4) is 0 Å². The first-order chi connectivity index (χ1) is 13.3. The highest BCUT2D eigenvalue weighted by molar-refractivity contribution is 5.79. The molecule has 6 nitrogen and oxygen atoms in total. The quantitative estimate of drug-likeness (QED) is 0.405. The number of aromatic nitrogens is 2. The van der Waals surface area contributed by atoms with Crippen LogP contribution in [0.5, 0.6) is 0 Å². The van der Waals surface area contributed by atoms with Gasteiger partial charge in [0.25, 0.3) is 0 Å². The predicted molar refractivity (Wildman–Crippen MR) is 101 cm³/mol. The zero-order chi connectivity index (χ0) is 20.6. The third-order valence-electron chi connectivity index (χ3n) is 4.07. The predicted octanol–water partition coefficient (Wildman–Crippen LogP) is 3.55. The van der Waals surface area contributed by atoms with Crippen molar-refractivity contribution in [3.8, 4) is 0 Å². The van der Waals surface area contributed by atoms with Gasteiger partial charge in [0.2, 0.25) is 5.89 Å². The van der Waals surface area contributed by atoms with Gasteiger partial charge in [-0.25, -0.2) is 0 Å². The van der Waals surface area contributed by atoms with Crippen LogP contribution in [-0.4, -0.2) is 36.2 Å². The Morgan fingerprint density at radius 3 is 2.36 bits per heavy atom. The van der Waals surface area contributed by atoms with E-state index in [1.165, 1.54) is 12.1 Å². The molecule has 0 saturated heterocycles. The minimum absolute atomic E-state index is 0.239. The maximum absolute atomic E-state index is 12.6. The molecule has 1 aromatic heterocycles. The van der Waals surface area contributed by atoms with E-state index in [4.69, 9.17) is 4.52 Å². The summed E-state index contributed by atoms with van der Waals surface area (Å²) >= 11 is 0. The van der Waals surface area contributed by atoms with Crippen molar-refractivity contribution in [3.63, 3.8) is 0 Å². The van der Waals surface area contributed by atoms with Crippen molar-refractivity contribution >= 4 is 5.96 Å². The topological polar surface area (TPSA) is 75.3 Å². The van der Waals surface area contributed by atoms with E-state index in [0.717, 1.165) is 24.1 Å². The van der Waals surface area contributed by atoms with Gasteiger partial charge in [-0.05, 0) is 30.5 Å². The zero-order valence-electron chi connectivity index (χ0n) is 16.3. The molecule has 0 spiro atoms. The maximum Gasteiger partial charge on any atom is 0.416 e. The van der Waals surface area contributed by atoms with Crippen molar-refractivity contribution in [2.24, 2.45) is 4.99 Å². The van der Waals surface area contributed by atoms with Crippen LogP contribution >= 0.6 is 0 Å². The van der Waals surface area contributed by atoms with E-state index in [1.807, 2.05) is 13.8 Å². The summed E-state index contributed by atoms with van der Waals surface area (Å²) in [5.74, 6) is 2.21. The Bertz CT molecular complexity index is 754. The van der Waals surface area contributed by atoms with Crippen molar-refractivity contribution in [3.05, 3.63) is 47.1 Å². The average Bonchev–Trinajstić information content (AvgIpc) is 3.12. The monoisotopic (exact) mass is 397 g/mol. The van der Waals surface area contributed by atoms with Crippen LogP contribution < -0.4 is 10.6 Å². The number of guanidine groups is 1. The molecule has 1 heterocycles. The lowest BCUT2D eigenvalue weighted by molar-refractivity contribution is -0.137. The molecule has 1 aromatic carbocycles. The van der Waals surface area contributed by atoms with Crippen LogP contribution in [0.25, 0.3) is 0 Å². The van der Waals surface area contributed by atoms with E-state index in [2.05, 4.69) is 25.8 Å². The van der Waals surface area contributed by atoms with Crippen LogP contribution in [0.15, 0.2) is 33.8 Å². The van der Waals surface area contributed by atoms with Crippen LogP contribution in [0.1, 0.15) is 49.0 Å². The second kappa shape index (κ2) is 10.1. The Morgan fingerprint density at radius 1 is 1.11 bits per heavy atom. The summed E-state index contributed by atoms with van der Waals surface area (Å²) in [6.07, 6.45) is -2.23. The lowest BCUT2D eigenvalue weighted by Crippen LogP contribution is -2.38. The number of aliphatic imine (C=N–C) groups is 1. The molecular formula is C19H26F3N5O. The number of halogens is 3. The number of hydrogen-bond donors (Lipinski definition) is 2. The van der Waals surface area contributed by atoms with Gasteiger partial charge in [-0.2, -0.15) is 18.2 Å². The van der Waals surface area contributed by atoms with Gasteiger partial charge in [-0.15, -0.1) is 0 Å². The summed E-state index contributed by atoms with van der Waals surface area (Å²) in [5.41, 5.74) is 0.191. The van der Waals surface area contributed by atoms with E-state index in [-0.39, 0.29) is 5.92 Å². The molecule has 0 radical (unpaired) electrons. The van der Waals surface area contributed by atoms with Crippen molar-refractivity contribution < 1.29 is 17.7 Å². The van der Waals surface area contributed by atoms with Crippen molar-refractivity contribution in [2.75, 3.05) is 20.1 Å². The van der Waals surface area contributed by atoms with Gasteiger partial charge in [-0.1, -0.05) is 31.1 Å². The van der Waals surface area contributed by atoms with Crippen molar-refractivity contribution in [1.82, 2.24) is 20.8 Å². The average molecular weight is 397 g/mol. The van der Waals surface area contributed by atoms with Crippen LogP contribution in [0.4, 0.5) is 13.2 Å². The minimum atomic E-state index is -4.31. The molecule has 0 aliphatic rings. The van der Waals surface area contributed by atoms with Crippen molar-refractivity contribution in [2.45, 2.75) is 45.2 Å². The van der Waals surface area contributed by atoms with Crippen LogP contribution in [-0.2, 0) is 19.0 Å². The van der Waals surface area contributed by atoms with Gasteiger partial charge < -0.3 is 15.2 Å². The number of nitrogens with zero attached hydrogens (tertiary/aromatic N) is 3. The first-order valence-corrected chi connectivity index (χ1v) is 9.22. The number of hydrogen-bond acceptors (Lipinski definition) is 4. The number of rotatable bonds is 8. The number of benzene rings is 1. The minimum Gasteiger partial charge on any atom is -0.356 e. The second-order valence-electron chi connectivity index (χ2n) is 6.68. The standard InChI is InChI=1S/C19H26F3N5O/c1-13(2)17-26-16(28-27-17)5-4-11-24-18(23-3)25-12-10-14-6-8-15(9-7-14)19(20,21)22/h6-9,13H,4-5,10-12H2,1-3H3,(H2,23,24,25). The number of nitrogens with one attached hydrogen (secondary N) is 2. The Hall–Kier alpha value is -2.58. The first kappa shape index (κ1) is 21.7. The summed E-state index contributed by atoms with van der Waals surface area (Å²) in [6, 6.07) is 5.20. The van der Waals surface area contributed by atoms with Gasteiger partial charge >= 0.3 is 6.18 Å². The lowest BCUT2D eigenvalue weighted by atomic mass is 10.1. The SMILES string of the molecule is CN=C(NCCCc1nc(C(C)C)no1)NCCc1ccc(C(F)(F)F)cc1. The molecular weight excluding hydrogens is 371 g/mol. The van der Waals surface area contributed by atoms with E-state index in [9.17, 15) is 13.2 Å². The summed E-state index contributed by atoms with van der Waals surface area (Å²) in [5, 5.41) is 10.3. The van der Waals surface area contributed by atoms with Crippen molar-refractivity contribution in [1.29, 1.82) is 0 Å². The van der Waals surface area contributed by atoms with E-state index in [1.54, 1.807) is 7.05 Å². The number of aryl methyl sites for hydroxylation is 1. The fourth-order valence-corrected chi connectivity index (χ4v) is 2.46. The summed E-state index contributed by atoms with van der Waals surface area (Å²) in [6.45, 7) is 5.26. The summed E-state index contributed by atoms with van der Waals surface area (Å²) in [4.78, 5) is 8.46. The molecule has 0 amide bonds. The summed E-state index contributed by atoms with van der Waals surface area (Å²) < 4.78 is 42.9. The Kier molecular flexibility index (Phi) is 7.83. The molecule has 0 bridgehead atoms. The molecule has 2 aromatic rings. The van der Waals surface area contributed by atoms with E-state index < -0.39 is 11.7 Å².